The number of carbonyl (C=O) groups is 2. The second-order valence-electron chi connectivity index (χ2n) is 5.46. The number of carbonyl (C=O) groups excluding carboxylic acids is 2. The van der Waals surface area contributed by atoms with E-state index in [2.05, 4.69) is 12.2 Å². The molecule has 0 atom stereocenters. The van der Waals surface area contributed by atoms with Gasteiger partial charge in [0.1, 0.15) is 0 Å². The van der Waals surface area contributed by atoms with Crippen LogP contribution in [0.15, 0.2) is 48.5 Å². The number of nitrogens with one attached hydrogen (secondary N) is 1. The van der Waals surface area contributed by atoms with Crippen LogP contribution in [0.1, 0.15) is 29.8 Å². The second-order valence-corrected chi connectivity index (χ2v) is 5.89. The number of hydrogen-bond donors (Lipinski definition) is 1. The van der Waals surface area contributed by atoms with Crippen LogP contribution in [0, 0.1) is 0 Å². The van der Waals surface area contributed by atoms with Gasteiger partial charge in [-0.25, -0.2) is 0 Å². The molecule has 0 spiro atoms. The van der Waals surface area contributed by atoms with Crippen molar-refractivity contribution in [2.24, 2.45) is 0 Å². The van der Waals surface area contributed by atoms with Crippen molar-refractivity contribution >= 4 is 29.1 Å². The molecule has 24 heavy (non-hydrogen) atoms. The third-order valence-electron chi connectivity index (χ3n) is 3.74. The van der Waals surface area contributed by atoms with E-state index < -0.39 is 0 Å². The molecule has 1 N–H and O–H groups in total. The topological polar surface area (TPSA) is 49.4 Å². The summed E-state index contributed by atoms with van der Waals surface area (Å²) in [4.78, 5) is 25.6. The molecule has 2 amide bonds. The molecular formula is C19H21ClN2O2. The fourth-order valence-electron chi connectivity index (χ4n) is 2.39. The fraction of sp³-hybridized carbons (Fsp3) is 0.263. The Morgan fingerprint density at radius 1 is 1.12 bits per heavy atom. The average molecular weight is 345 g/mol. The Hall–Kier alpha value is -2.33. The summed E-state index contributed by atoms with van der Waals surface area (Å²) in [5.74, 6) is -0.265. The van der Waals surface area contributed by atoms with Gasteiger partial charge in [-0.05, 0) is 42.3 Å². The molecule has 0 saturated carbocycles. The first-order valence-corrected chi connectivity index (χ1v) is 8.30. The van der Waals surface area contributed by atoms with Crippen LogP contribution in [-0.2, 0) is 11.2 Å². The van der Waals surface area contributed by atoms with Crippen molar-refractivity contribution in [1.82, 2.24) is 5.32 Å². The minimum atomic E-state index is -0.206. The van der Waals surface area contributed by atoms with Gasteiger partial charge in [-0.1, -0.05) is 36.7 Å². The van der Waals surface area contributed by atoms with E-state index in [0.29, 0.717) is 23.7 Å². The van der Waals surface area contributed by atoms with Crippen LogP contribution in [0.5, 0.6) is 0 Å². The molecule has 0 aliphatic carbocycles. The molecule has 0 aromatic heterocycles. The number of benzene rings is 2. The fourth-order valence-corrected chi connectivity index (χ4v) is 2.58. The van der Waals surface area contributed by atoms with E-state index in [1.807, 2.05) is 24.3 Å². The van der Waals surface area contributed by atoms with Gasteiger partial charge in [-0.2, -0.15) is 0 Å². The minimum Gasteiger partial charge on any atom is -0.350 e. The summed E-state index contributed by atoms with van der Waals surface area (Å²) in [6.07, 6.45) is 0.954. The number of rotatable bonds is 6. The van der Waals surface area contributed by atoms with Crippen molar-refractivity contribution in [2.45, 2.75) is 20.3 Å². The number of anilines is 1. The SMILES string of the molecule is CCc1ccc(N(CCNC(=O)c2cccc(Cl)c2)C(C)=O)cc1. The first-order chi connectivity index (χ1) is 11.5. The number of aryl methyl sites for hydroxylation is 1. The Morgan fingerprint density at radius 2 is 1.83 bits per heavy atom. The maximum absolute atomic E-state index is 12.1. The number of hydrogen-bond acceptors (Lipinski definition) is 2. The van der Waals surface area contributed by atoms with Crippen molar-refractivity contribution in [3.8, 4) is 0 Å². The van der Waals surface area contributed by atoms with E-state index in [0.717, 1.165) is 12.1 Å². The summed E-state index contributed by atoms with van der Waals surface area (Å²) in [5.41, 5.74) is 2.55. The van der Waals surface area contributed by atoms with Gasteiger partial charge in [0.15, 0.2) is 0 Å². The zero-order chi connectivity index (χ0) is 17.5. The largest absolute Gasteiger partial charge is 0.350 e. The van der Waals surface area contributed by atoms with Crippen LogP contribution in [0.3, 0.4) is 0 Å². The standard InChI is InChI=1S/C19H21ClN2O2/c1-3-15-7-9-18(10-8-15)22(14(2)23)12-11-21-19(24)16-5-4-6-17(20)13-16/h4-10,13H,3,11-12H2,1-2H3,(H,21,24). The first-order valence-electron chi connectivity index (χ1n) is 7.92. The van der Waals surface area contributed by atoms with E-state index in [1.54, 1.807) is 29.2 Å². The van der Waals surface area contributed by atoms with Crippen LogP contribution >= 0.6 is 11.6 Å². The van der Waals surface area contributed by atoms with Crippen molar-refractivity contribution in [3.63, 3.8) is 0 Å². The van der Waals surface area contributed by atoms with E-state index in [9.17, 15) is 9.59 Å². The zero-order valence-corrected chi connectivity index (χ0v) is 14.6. The van der Waals surface area contributed by atoms with Crippen molar-refractivity contribution in [3.05, 3.63) is 64.7 Å². The quantitative estimate of drug-likeness (QED) is 0.868. The van der Waals surface area contributed by atoms with Crippen LogP contribution in [-0.4, -0.2) is 24.9 Å². The normalized spacial score (nSPS) is 10.3. The van der Waals surface area contributed by atoms with E-state index >= 15 is 0 Å². The van der Waals surface area contributed by atoms with Gasteiger partial charge in [-0.15, -0.1) is 0 Å². The van der Waals surface area contributed by atoms with Gasteiger partial charge in [0.25, 0.3) is 5.91 Å². The summed E-state index contributed by atoms with van der Waals surface area (Å²) < 4.78 is 0. The van der Waals surface area contributed by atoms with Gasteiger partial charge < -0.3 is 10.2 Å². The van der Waals surface area contributed by atoms with Gasteiger partial charge in [0.2, 0.25) is 5.91 Å². The molecule has 0 bridgehead atoms. The van der Waals surface area contributed by atoms with Crippen molar-refractivity contribution in [2.75, 3.05) is 18.0 Å². The van der Waals surface area contributed by atoms with E-state index in [-0.39, 0.29) is 11.8 Å². The van der Waals surface area contributed by atoms with Gasteiger partial charge in [0.05, 0.1) is 0 Å². The average Bonchev–Trinajstić information content (AvgIpc) is 2.58. The first kappa shape index (κ1) is 18.0. The van der Waals surface area contributed by atoms with Crippen LogP contribution in [0.25, 0.3) is 0 Å². The monoisotopic (exact) mass is 344 g/mol. The highest BCUT2D eigenvalue weighted by atomic mass is 35.5. The summed E-state index contributed by atoms with van der Waals surface area (Å²) in [5, 5.41) is 3.33. The maximum Gasteiger partial charge on any atom is 0.251 e. The van der Waals surface area contributed by atoms with Crippen molar-refractivity contribution < 1.29 is 9.59 Å². The molecule has 2 aromatic carbocycles. The Bertz CT molecular complexity index is 714. The summed E-state index contributed by atoms with van der Waals surface area (Å²) in [6, 6.07) is 14.6. The number of halogens is 1. The predicted molar refractivity (Wildman–Crippen MR) is 97.6 cm³/mol. The molecule has 5 heteroatoms. The predicted octanol–water partition coefficient (Wildman–Crippen LogP) is 3.69. The van der Waals surface area contributed by atoms with E-state index in [4.69, 9.17) is 11.6 Å². The van der Waals surface area contributed by atoms with Gasteiger partial charge >= 0.3 is 0 Å². The van der Waals surface area contributed by atoms with Gasteiger partial charge in [0, 0.05) is 36.3 Å². The molecule has 0 heterocycles. The molecule has 2 rings (SSSR count). The lowest BCUT2D eigenvalue weighted by Gasteiger charge is -2.21. The minimum absolute atomic E-state index is 0.0590. The highest BCUT2D eigenvalue weighted by Gasteiger charge is 2.12. The molecule has 0 radical (unpaired) electrons. The Labute approximate surface area is 147 Å². The van der Waals surface area contributed by atoms with Crippen LogP contribution in [0.4, 0.5) is 5.69 Å². The number of amides is 2. The molecule has 126 valence electrons. The van der Waals surface area contributed by atoms with Crippen LogP contribution in [0.2, 0.25) is 5.02 Å². The smallest absolute Gasteiger partial charge is 0.251 e. The molecule has 0 fully saturated rings. The summed E-state index contributed by atoms with van der Waals surface area (Å²) in [7, 11) is 0. The molecular weight excluding hydrogens is 324 g/mol. The zero-order valence-electron chi connectivity index (χ0n) is 13.9. The van der Waals surface area contributed by atoms with Gasteiger partial charge in [-0.3, -0.25) is 9.59 Å². The lowest BCUT2D eigenvalue weighted by Crippen LogP contribution is -2.37. The molecule has 4 nitrogen and oxygen atoms in total. The lowest BCUT2D eigenvalue weighted by molar-refractivity contribution is -0.116. The van der Waals surface area contributed by atoms with Crippen LogP contribution < -0.4 is 10.2 Å². The summed E-state index contributed by atoms with van der Waals surface area (Å²) >= 11 is 5.89. The molecule has 0 aliphatic heterocycles. The molecule has 0 unspecified atom stereocenters. The molecule has 0 saturated heterocycles. The highest BCUT2D eigenvalue weighted by Crippen LogP contribution is 2.16. The Morgan fingerprint density at radius 3 is 2.42 bits per heavy atom. The summed E-state index contributed by atoms with van der Waals surface area (Å²) in [6.45, 7) is 4.38. The third-order valence-corrected chi connectivity index (χ3v) is 3.98. The highest BCUT2D eigenvalue weighted by molar-refractivity contribution is 6.30. The maximum atomic E-state index is 12.1. The van der Waals surface area contributed by atoms with E-state index in [1.165, 1.54) is 12.5 Å². The second kappa shape index (κ2) is 8.50. The third kappa shape index (κ3) is 4.83. The lowest BCUT2D eigenvalue weighted by atomic mass is 10.1. The van der Waals surface area contributed by atoms with Crippen molar-refractivity contribution in [1.29, 1.82) is 0 Å². The molecule has 0 aliphatic rings. The number of nitrogens with zero attached hydrogens (tertiary/aromatic N) is 1. The Kier molecular flexibility index (Phi) is 6.38. The molecule has 2 aromatic rings. The Balaban J connectivity index is 1.96.